The van der Waals surface area contributed by atoms with Crippen LogP contribution in [0.15, 0.2) is 23.1 Å². The first-order valence-electron chi connectivity index (χ1n) is 5.91. The summed E-state index contributed by atoms with van der Waals surface area (Å²) in [5, 5.41) is 7.74. The molecule has 1 heterocycles. The topological polar surface area (TPSA) is 87.2 Å². The number of nitrogens with one attached hydrogen (secondary N) is 1. The van der Waals surface area contributed by atoms with Gasteiger partial charge in [-0.05, 0) is 18.4 Å². The van der Waals surface area contributed by atoms with Gasteiger partial charge in [-0.25, -0.2) is 8.42 Å². The van der Waals surface area contributed by atoms with E-state index in [1.54, 1.807) is 0 Å². The number of nitrogens with two attached hydrogens (primary N) is 1. The highest BCUT2D eigenvalue weighted by Gasteiger charge is 2.24. The first-order valence-corrected chi connectivity index (χ1v) is 8.96. The molecule has 104 valence electrons. The van der Waals surface area contributed by atoms with Crippen LogP contribution in [0.5, 0.6) is 0 Å². The van der Waals surface area contributed by atoms with Gasteiger partial charge in [0.25, 0.3) is 0 Å². The minimum absolute atomic E-state index is 0.0216. The van der Waals surface area contributed by atoms with Crippen molar-refractivity contribution < 1.29 is 8.42 Å². The fourth-order valence-corrected chi connectivity index (χ4v) is 4.01. The van der Waals surface area contributed by atoms with E-state index in [4.69, 9.17) is 11.1 Å². The fourth-order valence-electron chi connectivity index (χ4n) is 2.18. The SMILES string of the molecule is CSc1cccc(N2CCS(=O)(=O)CC2)c1C(=N)N. The number of nitrogens with zero attached hydrogens (tertiary/aromatic N) is 1. The highest BCUT2D eigenvalue weighted by atomic mass is 32.2. The number of thioether (sulfide) groups is 1. The number of sulfone groups is 1. The highest BCUT2D eigenvalue weighted by molar-refractivity contribution is 7.98. The molecule has 1 saturated heterocycles. The number of nitrogen functional groups attached to an aromatic ring is 1. The largest absolute Gasteiger partial charge is 0.384 e. The lowest BCUT2D eigenvalue weighted by atomic mass is 10.1. The maximum Gasteiger partial charge on any atom is 0.153 e. The van der Waals surface area contributed by atoms with Gasteiger partial charge in [0.05, 0.1) is 17.1 Å². The molecule has 1 aromatic rings. The highest BCUT2D eigenvalue weighted by Crippen LogP contribution is 2.30. The van der Waals surface area contributed by atoms with Gasteiger partial charge in [-0.15, -0.1) is 11.8 Å². The zero-order chi connectivity index (χ0) is 14.0. The molecule has 3 N–H and O–H groups in total. The van der Waals surface area contributed by atoms with E-state index >= 15 is 0 Å². The predicted molar refractivity (Wildman–Crippen MR) is 80.1 cm³/mol. The van der Waals surface area contributed by atoms with Crippen LogP contribution in [0.2, 0.25) is 0 Å². The van der Waals surface area contributed by atoms with Gasteiger partial charge in [-0.2, -0.15) is 0 Å². The summed E-state index contributed by atoms with van der Waals surface area (Å²) in [6.07, 6.45) is 1.94. The molecule has 2 rings (SSSR count). The molecule has 0 atom stereocenters. The van der Waals surface area contributed by atoms with Crippen LogP contribution in [0.3, 0.4) is 0 Å². The third kappa shape index (κ3) is 3.03. The van der Waals surface area contributed by atoms with Gasteiger partial charge in [0.2, 0.25) is 0 Å². The lowest BCUT2D eigenvalue weighted by Gasteiger charge is -2.30. The van der Waals surface area contributed by atoms with Crippen molar-refractivity contribution in [2.45, 2.75) is 4.90 Å². The third-order valence-electron chi connectivity index (χ3n) is 3.18. The molecule has 0 amide bonds. The van der Waals surface area contributed by atoms with Crippen molar-refractivity contribution in [3.05, 3.63) is 23.8 Å². The van der Waals surface area contributed by atoms with Crippen LogP contribution in [0, 0.1) is 5.41 Å². The van der Waals surface area contributed by atoms with E-state index in [0.29, 0.717) is 18.7 Å². The summed E-state index contributed by atoms with van der Waals surface area (Å²) in [4.78, 5) is 2.94. The number of anilines is 1. The molecule has 7 heteroatoms. The summed E-state index contributed by atoms with van der Waals surface area (Å²) in [7, 11) is -2.90. The lowest BCUT2D eigenvalue weighted by Crippen LogP contribution is -2.41. The zero-order valence-electron chi connectivity index (χ0n) is 10.7. The van der Waals surface area contributed by atoms with Gasteiger partial charge in [-0.1, -0.05) is 6.07 Å². The molecule has 0 spiro atoms. The average Bonchev–Trinajstić information content (AvgIpc) is 2.37. The smallest absolute Gasteiger partial charge is 0.153 e. The maximum atomic E-state index is 11.5. The monoisotopic (exact) mass is 299 g/mol. The molecule has 5 nitrogen and oxygen atoms in total. The maximum absolute atomic E-state index is 11.5. The Labute approximate surface area is 117 Å². The van der Waals surface area contributed by atoms with Crippen molar-refractivity contribution in [2.75, 3.05) is 35.8 Å². The van der Waals surface area contributed by atoms with Crippen molar-refractivity contribution >= 4 is 33.1 Å². The molecular weight excluding hydrogens is 282 g/mol. The molecular formula is C12H17N3O2S2. The quantitative estimate of drug-likeness (QED) is 0.492. The minimum atomic E-state index is -2.90. The molecule has 0 radical (unpaired) electrons. The Hall–Kier alpha value is -1.21. The molecule has 1 aliphatic heterocycles. The normalized spacial score (nSPS) is 18.3. The summed E-state index contributed by atoms with van der Waals surface area (Å²) in [5.74, 6) is 0.343. The summed E-state index contributed by atoms with van der Waals surface area (Å²) in [6, 6.07) is 5.73. The second-order valence-electron chi connectivity index (χ2n) is 4.41. The number of hydrogen-bond donors (Lipinski definition) is 2. The summed E-state index contributed by atoms with van der Waals surface area (Å²) >= 11 is 1.54. The zero-order valence-corrected chi connectivity index (χ0v) is 12.4. The van der Waals surface area contributed by atoms with Crippen LogP contribution in [-0.4, -0.2) is 45.1 Å². The predicted octanol–water partition coefficient (Wildman–Crippen LogP) is 0.927. The Morgan fingerprint density at radius 3 is 2.53 bits per heavy atom. The van der Waals surface area contributed by atoms with E-state index in [-0.39, 0.29) is 17.3 Å². The lowest BCUT2D eigenvalue weighted by molar-refractivity contribution is 0.586. The molecule has 0 saturated carbocycles. The number of benzene rings is 1. The van der Waals surface area contributed by atoms with Crippen LogP contribution in [0.25, 0.3) is 0 Å². The van der Waals surface area contributed by atoms with E-state index in [1.165, 1.54) is 11.8 Å². The van der Waals surface area contributed by atoms with Crippen molar-refractivity contribution in [1.82, 2.24) is 0 Å². The first kappa shape index (κ1) is 14.2. The Morgan fingerprint density at radius 2 is 2.00 bits per heavy atom. The van der Waals surface area contributed by atoms with Crippen molar-refractivity contribution in [1.29, 1.82) is 5.41 Å². The number of amidine groups is 1. The number of rotatable bonds is 3. The minimum Gasteiger partial charge on any atom is -0.384 e. The first-order chi connectivity index (χ1) is 8.94. The van der Waals surface area contributed by atoms with Crippen molar-refractivity contribution in [3.8, 4) is 0 Å². The van der Waals surface area contributed by atoms with Crippen LogP contribution in [-0.2, 0) is 9.84 Å². The fraction of sp³-hybridized carbons (Fsp3) is 0.417. The van der Waals surface area contributed by atoms with E-state index in [0.717, 1.165) is 10.6 Å². The Morgan fingerprint density at radius 1 is 1.37 bits per heavy atom. The average molecular weight is 299 g/mol. The van der Waals surface area contributed by atoms with E-state index < -0.39 is 9.84 Å². The molecule has 0 bridgehead atoms. The van der Waals surface area contributed by atoms with Gasteiger partial charge in [0, 0.05) is 23.7 Å². The Kier molecular flexibility index (Phi) is 4.05. The van der Waals surface area contributed by atoms with E-state index in [1.807, 2.05) is 29.4 Å². The summed E-state index contributed by atoms with van der Waals surface area (Å²) in [5.41, 5.74) is 7.23. The number of hydrogen-bond acceptors (Lipinski definition) is 5. The van der Waals surface area contributed by atoms with Crippen LogP contribution >= 0.6 is 11.8 Å². The Bertz CT molecular complexity index is 585. The Balaban J connectivity index is 2.38. The standard InChI is InChI=1S/C12H17N3O2S2/c1-18-10-4-2-3-9(11(10)12(13)14)15-5-7-19(16,17)8-6-15/h2-4H,5-8H2,1H3,(H3,13,14). The molecule has 19 heavy (non-hydrogen) atoms. The second kappa shape index (κ2) is 5.42. The van der Waals surface area contributed by atoms with E-state index in [9.17, 15) is 8.42 Å². The summed E-state index contributed by atoms with van der Waals surface area (Å²) < 4.78 is 22.9. The van der Waals surface area contributed by atoms with Crippen molar-refractivity contribution in [3.63, 3.8) is 0 Å². The van der Waals surface area contributed by atoms with Crippen LogP contribution < -0.4 is 10.6 Å². The molecule has 1 fully saturated rings. The molecule has 1 aliphatic rings. The van der Waals surface area contributed by atoms with Crippen LogP contribution in [0.4, 0.5) is 5.69 Å². The molecule has 0 aromatic heterocycles. The van der Waals surface area contributed by atoms with Gasteiger partial charge >= 0.3 is 0 Å². The van der Waals surface area contributed by atoms with Gasteiger partial charge in [-0.3, -0.25) is 5.41 Å². The summed E-state index contributed by atoms with van der Waals surface area (Å²) in [6.45, 7) is 0.918. The van der Waals surface area contributed by atoms with Crippen LogP contribution in [0.1, 0.15) is 5.56 Å². The van der Waals surface area contributed by atoms with Crippen molar-refractivity contribution in [2.24, 2.45) is 5.73 Å². The van der Waals surface area contributed by atoms with Gasteiger partial charge in [0.15, 0.2) is 9.84 Å². The van der Waals surface area contributed by atoms with Gasteiger partial charge in [0.1, 0.15) is 5.84 Å². The van der Waals surface area contributed by atoms with E-state index in [2.05, 4.69) is 0 Å². The van der Waals surface area contributed by atoms with Gasteiger partial charge < -0.3 is 10.6 Å². The molecule has 0 aliphatic carbocycles. The second-order valence-corrected chi connectivity index (χ2v) is 7.56. The molecule has 0 unspecified atom stereocenters. The molecule has 1 aromatic carbocycles. The third-order valence-corrected chi connectivity index (χ3v) is 5.57.